The van der Waals surface area contributed by atoms with Crippen LogP contribution < -0.4 is 0 Å². The van der Waals surface area contributed by atoms with E-state index in [1.807, 2.05) is 0 Å². The van der Waals surface area contributed by atoms with E-state index in [9.17, 15) is 4.79 Å². The van der Waals surface area contributed by atoms with Gasteiger partial charge in [0.25, 0.3) is 0 Å². The summed E-state index contributed by atoms with van der Waals surface area (Å²) in [5, 5.41) is 0.205. The Morgan fingerprint density at radius 3 is 2.31 bits per heavy atom. The van der Waals surface area contributed by atoms with Crippen LogP contribution in [-0.2, 0) is 18.7 Å². The maximum Gasteiger partial charge on any atom is 0.191 e. The lowest BCUT2D eigenvalue weighted by molar-refractivity contribution is -0.183. The molecule has 0 aromatic carbocycles. The molecule has 4 nitrogen and oxygen atoms in total. The highest BCUT2D eigenvalue weighted by Crippen LogP contribution is 2.41. The number of hydrogen-bond acceptors (Lipinski definition) is 4. The van der Waals surface area contributed by atoms with Crippen molar-refractivity contribution >= 4 is 14.1 Å². The van der Waals surface area contributed by atoms with Crippen molar-refractivity contribution in [2.75, 3.05) is 19.8 Å². The molecule has 2 fully saturated rings. The van der Waals surface area contributed by atoms with Gasteiger partial charge in [-0.1, -0.05) is 41.5 Å². The molecule has 0 spiro atoms. The van der Waals surface area contributed by atoms with Gasteiger partial charge in [-0.15, -0.1) is 0 Å². The highest BCUT2D eigenvalue weighted by Gasteiger charge is 2.41. The lowest BCUT2D eigenvalue weighted by Gasteiger charge is -2.38. The Hall–Kier alpha value is -0.233. The van der Waals surface area contributed by atoms with E-state index in [0.29, 0.717) is 24.2 Å². The van der Waals surface area contributed by atoms with Gasteiger partial charge in [-0.25, -0.2) is 0 Å². The van der Waals surface area contributed by atoms with Gasteiger partial charge in [0, 0.05) is 18.4 Å². The normalized spacial score (nSPS) is 31.5. The van der Waals surface area contributed by atoms with E-state index in [0.717, 1.165) is 45.3 Å². The van der Waals surface area contributed by atoms with Gasteiger partial charge in [0.05, 0.1) is 13.2 Å². The highest BCUT2D eigenvalue weighted by molar-refractivity contribution is 6.74. The molecule has 2 rings (SSSR count). The molecule has 0 N–H and O–H groups in total. The second-order valence-corrected chi connectivity index (χ2v) is 16.0. The van der Waals surface area contributed by atoms with Crippen molar-refractivity contribution in [1.82, 2.24) is 0 Å². The summed E-state index contributed by atoms with van der Waals surface area (Å²) in [5.74, 6) is 1.97. The lowest BCUT2D eigenvalue weighted by Crippen LogP contribution is -2.43. The Balaban J connectivity index is 1.95. The highest BCUT2D eigenvalue weighted by atomic mass is 28.4. The standard InChI is InChI=1S/C24H46O4Si/c1-17-10-11-21(18(2)16-28-29(7,8)24(4,5)6)23(25)19(3)20(17)12-13-22-26-14-9-15-27-22/h17-22H,9-16H2,1-8H3/t17-,18+,19-,20+,21-/m0/s1. The lowest BCUT2D eigenvalue weighted by atomic mass is 9.77. The summed E-state index contributed by atoms with van der Waals surface area (Å²) in [6, 6.07) is 0. The largest absolute Gasteiger partial charge is 0.417 e. The minimum absolute atomic E-state index is 0.0748. The van der Waals surface area contributed by atoms with E-state index in [-0.39, 0.29) is 29.1 Å². The molecule has 0 radical (unpaired) electrons. The van der Waals surface area contributed by atoms with Gasteiger partial charge in [-0.2, -0.15) is 0 Å². The Morgan fingerprint density at radius 1 is 1.10 bits per heavy atom. The van der Waals surface area contributed by atoms with Crippen molar-refractivity contribution < 1.29 is 18.7 Å². The maximum absolute atomic E-state index is 13.4. The van der Waals surface area contributed by atoms with E-state index in [2.05, 4.69) is 54.6 Å². The van der Waals surface area contributed by atoms with Gasteiger partial charge in [0.15, 0.2) is 14.6 Å². The third-order valence-electron chi connectivity index (χ3n) is 7.95. The molecule has 0 aromatic rings. The third kappa shape index (κ3) is 6.62. The topological polar surface area (TPSA) is 44.8 Å². The van der Waals surface area contributed by atoms with Crippen molar-refractivity contribution in [3.63, 3.8) is 0 Å². The number of ketones is 1. The quantitative estimate of drug-likeness (QED) is 0.367. The van der Waals surface area contributed by atoms with Crippen LogP contribution in [0.2, 0.25) is 18.1 Å². The zero-order valence-electron chi connectivity index (χ0n) is 20.3. The second-order valence-electron chi connectivity index (χ2n) is 11.2. The Bertz CT molecular complexity index is 521. The predicted octanol–water partition coefficient (Wildman–Crippen LogP) is 6.06. The van der Waals surface area contributed by atoms with Crippen LogP contribution in [0.25, 0.3) is 0 Å². The molecular weight excluding hydrogens is 380 g/mol. The molecule has 170 valence electrons. The summed E-state index contributed by atoms with van der Waals surface area (Å²) >= 11 is 0. The molecule has 0 bridgehead atoms. The molecule has 1 heterocycles. The van der Waals surface area contributed by atoms with E-state index in [1.165, 1.54) is 0 Å². The van der Waals surface area contributed by atoms with Crippen molar-refractivity contribution in [3.05, 3.63) is 0 Å². The maximum atomic E-state index is 13.4. The van der Waals surface area contributed by atoms with Crippen molar-refractivity contribution in [2.45, 2.75) is 98.1 Å². The van der Waals surface area contributed by atoms with Crippen LogP contribution in [0.4, 0.5) is 0 Å². The zero-order chi connectivity index (χ0) is 21.8. The summed E-state index contributed by atoms with van der Waals surface area (Å²) < 4.78 is 17.9. The summed E-state index contributed by atoms with van der Waals surface area (Å²) in [4.78, 5) is 13.4. The molecule has 1 saturated carbocycles. The minimum Gasteiger partial charge on any atom is -0.417 e. The summed E-state index contributed by atoms with van der Waals surface area (Å²) in [6.45, 7) is 20.4. The molecule has 5 atom stereocenters. The van der Waals surface area contributed by atoms with Gasteiger partial charge >= 0.3 is 0 Å². The molecule has 0 unspecified atom stereocenters. The van der Waals surface area contributed by atoms with Crippen LogP contribution in [0.1, 0.15) is 73.6 Å². The fourth-order valence-electron chi connectivity index (χ4n) is 4.64. The first-order valence-corrected chi connectivity index (χ1v) is 14.8. The average molecular weight is 427 g/mol. The van der Waals surface area contributed by atoms with Gasteiger partial charge in [-0.05, 0) is 68.0 Å². The van der Waals surface area contributed by atoms with E-state index >= 15 is 0 Å². The van der Waals surface area contributed by atoms with E-state index in [4.69, 9.17) is 13.9 Å². The van der Waals surface area contributed by atoms with Crippen LogP contribution in [0, 0.1) is 29.6 Å². The van der Waals surface area contributed by atoms with Crippen molar-refractivity contribution in [1.29, 1.82) is 0 Å². The number of carbonyl (C=O) groups excluding carboxylic acids is 1. The van der Waals surface area contributed by atoms with Gasteiger partial charge in [-0.3, -0.25) is 4.79 Å². The van der Waals surface area contributed by atoms with Crippen LogP contribution >= 0.6 is 0 Å². The van der Waals surface area contributed by atoms with Gasteiger partial charge in [0.1, 0.15) is 5.78 Å². The van der Waals surface area contributed by atoms with Crippen molar-refractivity contribution in [3.8, 4) is 0 Å². The Kier molecular flexibility index (Phi) is 8.96. The molecule has 0 amide bonds. The van der Waals surface area contributed by atoms with E-state index in [1.54, 1.807) is 0 Å². The number of rotatable bonds is 7. The first-order valence-electron chi connectivity index (χ1n) is 11.8. The fourth-order valence-corrected chi connectivity index (χ4v) is 5.76. The first kappa shape index (κ1) is 25.0. The molecule has 5 heteroatoms. The SMILES string of the molecule is C[C@H](CO[Si](C)(C)C(C)(C)C)[C@@H]1CC[C@H](C)[C@@H](CCC2OCCCO2)[C@H](C)C1=O. The molecule has 0 aromatic heterocycles. The first-order chi connectivity index (χ1) is 13.4. The molecule has 2 aliphatic rings. The third-order valence-corrected chi connectivity index (χ3v) is 12.5. The molecular formula is C24H46O4Si. The number of Topliss-reactive ketones (excluding diaryl/α,β-unsaturated/α-hetero) is 1. The predicted molar refractivity (Wildman–Crippen MR) is 121 cm³/mol. The monoisotopic (exact) mass is 426 g/mol. The van der Waals surface area contributed by atoms with Crippen LogP contribution in [-0.4, -0.2) is 40.2 Å². The Morgan fingerprint density at radius 2 is 1.72 bits per heavy atom. The molecule has 1 aliphatic carbocycles. The van der Waals surface area contributed by atoms with Gasteiger partial charge in [0.2, 0.25) is 0 Å². The number of hydrogen-bond donors (Lipinski definition) is 0. The molecule has 1 aliphatic heterocycles. The number of carbonyl (C=O) groups is 1. The summed E-state index contributed by atoms with van der Waals surface area (Å²) in [6.07, 6.45) is 4.96. The van der Waals surface area contributed by atoms with E-state index < -0.39 is 8.32 Å². The smallest absolute Gasteiger partial charge is 0.191 e. The zero-order valence-corrected chi connectivity index (χ0v) is 21.3. The van der Waals surface area contributed by atoms with Crippen LogP contribution in [0.3, 0.4) is 0 Å². The number of ether oxygens (including phenoxy) is 2. The average Bonchev–Trinajstić information content (AvgIpc) is 2.75. The van der Waals surface area contributed by atoms with Crippen LogP contribution in [0.15, 0.2) is 0 Å². The fraction of sp³-hybridized carbons (Fsp3) is 0.958. The van der Waals surface area contributed by atoms with Gasteiger partial charge < -0.3 is 13.9 Å². The minimum atomic E-state index is -1.78. The second kappa shape index (κ2) is 10.4. The summed E-state index contributed by atoms with van der Waals surface area (Å²) in [5.41, 5.74) is 0. The molecule has 1 saturated heterocycles. The van der Waals surface area contributed by atoms with Crippen LogP contribution in [0.5, 0.6) is 0 Å². The van der Waals surface area contributed by atoms with Crippen molar-refractivity contribution in [2.24, 2.45) is 29.6 Å². The Labute approximate surface area is 180 Å². The summed E-state index contributed by atoms with van der Waals surface area (Å²) in [7, 11) is -1.78. The molecule has 29 heavy (non-hydrogen) atoms.